The predicted octanol–water partition coefficient (Wildman–Crippen LogP) is 1.68. The van der Waals surface area contributed by atoms with Crippen LogP contribution in [-0.4, -0.2) is 24.3 Å². The van der Waals surface area contributed by atoms with Crippen LogP contribution in [0.15, 0.2) is 24.3 Å². The lowest BCUT2D eigenvalue weighted by molar-refractivity contribution is -0.142. The third-order valence-electron chi connectivity index (χ3n) is 2.29. The molecule has 0 aliphatic heterocycles. The molecule has 0 radical (unpaired) electrons. The molecule has 0 saturated carbocycles. The zero-order valence-corrected chi connectivity index (χ0v) is 9.15. The smallest absolute Gasteiger partial charge is 0.308 e. The van der Waals surface area contributed by atoms with Crippen LogP contribution in [0.25, 0.3) is 0 Å². The Morgan fingerprint density at radius 2 is 2.31 bits per heavy atom. The zero-order chi connectivity index (χ0) is 12.0. The van der Waals surface area contributed by atoms with Crippen LogP contribution in [-0.2, 0) is 16.0 Å². The van der Waals surface area contributed by atoms with Crippen molar-refractivity contribution >= 4 is 5.97 Å². The van der Waals surface area contributed by atoms with Gasteiger partial charge in [0.15, 0.2) is 0 Å². The molecule has 0 saturated heterocycles. The molecule has 1 aromatic carbocycles. The first-order valence-electron chi connectivity index (χ1n) is 5.11. The fourth-order valence-corrected chi connectivity index (χ4v) is 1.40. The number of hydrogen-bond donors (Lipinski definition) is 1. The molecule has 3 nitrogen and oxygen atoms in total. The Labute approximate surface area is 93.9 Å². The monoisotopic (exact) mass is 226 g/mol. The molecular formula is C12H15FO3. The van der Waals surface area contributed by atoms with Crippen molar-refractivity contribution in [3.8, 4) is 0 Å². The Bertz CT molecular complexity index is 352. The molecule has 0 aliphatic carbocycles. The predicted molar refractivity (Wildman–Crippen MR) is 57.4 cm³/mol. The van der Waals surface area contributed by atoms with Crippen LogP contribution in [0.4, 0.5) is 4.39 Å². The highest BCUT2D eigenvalue weighted by Gasteiger charge is 2.10. The minimum Gasteiger partial charge on any atom is -0.469 e. The van der Waals surface area contributed by atoms with Gasteiger partial charge in [-0.2, -0.15) is 0 Å². The lowest BCUT2D eigenvalue weighted by Gasteiger charge is -2.08. The highest BCUT2D eigenvalue weighted by atomic mass is 19.1. The average Bonchev–Trinajstić information content (AvgIpc) is 2.26. The summed E-state index contributed by atoms with van der Waals surface area (Å²) in [5, 5.41) is 9.49. The van der Waals surface area contributed by atoms with Crippen molar-refractivity contribution < 1.29 is 19.0 Å². The van der Waals surface area contributed by atoms with Crippen molar-refractivity contribution in [2.75, 3.05) is 7.11 Å². The van der Waals surface area contributed by atoms with Gasteiger partial charge in [-0.05, 0) is 30.5 Å². The largest absolute Gasteiger partial charge is 0.469 e. The Kier molecular flexibility index (Phi) is 4.92. The molecule has 1 rings (SSSR count). The van der Waals surface area contributed by atoms with Crippen molar-refractivity contribution in [3.05, 3.63) is 35.6 Å². The summed E-state index contributed by atoms with van der Waals surface area (Å²) < 4.78 is 17.3. The zero-order valence-electron chi connectivity index (χ0n) is 9.15. The van der Waals surface area contributed by atoms with Crippen molar-refractivity contribution in [2.24, 2.45) is 0 Å². The Morgan fingerprint density at radius 1 is 1.56 bits per heavy atom. The SMILES string of the molecule is COC(=O)C[C@@H](O)CCc1cccc(F)c1. The topological polar surface area (TPSA) is 46.5 Å². The normalized spacial score (nSPS) is 12.2. The molecule has 0 heterocycles. The van der Waals surface area contributed by atoms with E-state index in [1.807, 2.05) is 0 Å². The number of aliphatic hydroxyl groups excluding tert-OH is 1. The quantitative estimate of drug-likeness (QED) is 0.777. The molecule has 16 heavy (non-hydrogen) atoms. The van der Waals surface area contributed by atoms with E-state index in [1.54, 1.807) is 12.1 Å². The Balaban J connectivity index is 2.37. The van der Waals surface area contributed by atoms with Crippen molar-refractivity contribution in [3.63, 3.8) is 0 Å². The summed E-state index contributed by atoms with van der Waals surface area (Å²) in [6.45, 7) is 0. The third kappa shape index (κ3) is 4.40. The minimum absolute atomic E-state index is 0.0220. The summed E-state index contributed by atoms with van der Waals surface area (Å²) in [5.41, 5.74) is 0.809. The van der Waals surface area contributed by atoms with Crippen LogP contribution in [0.1, 0.15) is 18.4 Å². The van der Waals surface area contributed by atoms with E-state index in [-0.39, 0.29) is 12.2 Å². The maximum Gasteiger partial charge on any atom is 0.308 e. The van der Waals surface area contributed by atoms with E-state index in [2.05, 4.69) is 4.74 Å². The van der Waals surface area contributed by atoms with Crippen LogP contribution in [0.2, 0.25) is 0 Å². The number of esters is 1. The van der Waals surface area contributed by atoms with E-state index in [9.17, 15) is 14.3 Å². The Hall–Kier alpha value is -1.42. The highest BCUT2D eigenvalue weighted by molar-refractivity contribution is 5.69. The molecule has 88 valence electrons. The van der Waals surface area contributed by atoms with E-state index < -0.39 is 12.1 Å². The first kappa shape index (κ1) is 12.6. The van der Waals surface area contributed by atoms with Gasteiger partial charge in [-0.3, -0.25) is 4.79 Å². The fourth-order valence-electron chi connectivity index (χ4n) is 1.40. The van der Waals surface area contributed by atoms with Crippen LogP contribution < -0.4 is 0 Å². The van der Waals surface area contributed by atoms with Crippen molar-refractivity contribution in [1.82, 2.24) is 0 Å². The van der Waals surface area contributed by atoms with Gasteiger partial charge in [-0.1, -0.05) is 12.1 Å². The van der Waals surface area contributed by atoms with Gasteiger partial charge in [0.05, 0.1) is 19.6 Å². The van der Waals surface area contributed by atoms with Crippen LogP contribution in [0.3, 0.4) is 0 Å². The number of ether oxygens (including phenoxy) is 1. The number of carbonyl (C=O) groups is 1. The van der Waals surface area contributed by atoms with Gasteiger partial charge in [0.25, 0.3) is 0 Å². The van der Waals surface area contributed by atoms with Crippen molar-refractivity contribution in [1.29, 1.82) is 0 Å². The minimum atomic E-state index is -0.740. The Morgan fingerprint density at radius 3 is 2.94 bits per heavy atom. The molecule has 0 aromatic heterocycles. The van der Waals surface area contributed by atoms with Gasteiger partial charge >= 0.3 is 5.97 Å². The molecule has 1 atom stereocenters. The number of aliphatic hydroxyl groups is 1. The number of rotatable bonds is 5. The standard InChI is InChI=1S/C12H15FO3/c1-16-12(15)8-11(14)6-5-9-3-2-4-10(13)7-9/h2-4,7,11,14H,5-6,8H2,1H3/t11-/m0/s1. The van der Waals surface area contributed by atoms with E-state index >= 15 is 0 Å². The van der Waals surface area contributed by atoms with E-state index in [0.717, 1.165) is 5.56 Å². The molecule has 0 unspecified atom stereocenters. The second kappa shape index (κ2) is 6.23. The number of hydrogen-bond acceptors (Lipinski definition) is 3. The lowest BCUT2D eigenvalue weighted by atomic mass is 10.1. The third-order valence-corrected chi connectivity index (χ3v) is 2.29. The number of halogens is 1. The molecule has 1 N–H and O–H groups in total. The van der Waals surface area contributed by atoms with E-state index in [0.29, 0.717) is 12.8 Å². The molecule has 0 bridgehead atoms. The first-order chi connectivity index (χ1) is 7.61. The lowest BCUT2D eigenvalue weighted by Crippen LogP contribution is -2.15. The van der Waals surface area contributed by atoms with E-state index in [4.69, 9.17) is 0 Å². The summed E-state index contributed by atoms with van der Waals surface area (Å²) in [6.07, 6.45) is 0.191. The summed E-state index contributed by atoms with van der Waals surface area (Å²) >= 11 is 0. The molecule has 0 spiro atoms. The van der Waals surface area contributed by atoms with Crippen molar-refractivity contribution in [2.45, 2.75) is 25.4 Å². The summed E-state index contributed by atoms with van der Waals surface area (Å²) in [5.74, 6) is -0.730. The number of methoxy groups -OCH3 is 1. The van der Waals surface area contributed by atoms with E-state index in [1.165, 1.54) is 19.2 Å². The van der Waals surface area contributed by atoms with Gasteiger partial charge in [0.1, 0.15) is 5.82 Å². The molecule has 0 fully saturated rings. The second-order valence-corrected chi connectivity index (χ2v) is 3.60. The maximum absolute atomic E-state index is 12.8. The molecule has 0 aliphatic rings. The van der Waals surface area contributed by atoms with Gasteiger partial charge < -0.3 is 9.84 Å². The molecule has 0 amide bonds. The second-order valence-electron chi connectivity index (χ2n) is 3.60. The van der Waals surface area contributed by atoms with Gasteiger partial charge in [0.2, 0.25) is 0 Å². The van der Waals surface area contributed by atoms with Crippen LogP contribution >= 0.6 is 0 Å². The average molecular weight is 226 g/mol. The van der Waals surface area contributed by atoms with Crippen LogP contribution in [0, 0.1) is 5.82 Å². The van der Waals surface area contributed by atoms with Crippen LogP contribution in [0.5, 0.6) is 0 Å². The number of aryl methyl sites for hydroxylation is 1. The number of benzene rings is 1. The molecular weight excluding hydrogens is 211 g/mol. The van der Waals surface area contributed by atoms with Gasteiger partial charge in [0, 0.05) is 0 Å². The maximum atomic E-state index is 12.8. The summed E-state index contributed by atoms with van der Waals surface area (Å²) in [7, 11) is 1.28. The summed E-state index contributed by atoms with van der Waals surface area (Å²) in [4.78, 5) is 10.8. The van der Waals surface area contributed by atoms with Gasteiger partial charge in [-0.15, -0.1) is 0 Å². The highest BCUT2D eigenvalue weighted by Crippen LogP contribution is 2.09. The molecule has 1 aromatic rings. The fraction of sp³-hybridized carbons (Fsp3) is 0.417. The summed E-state index contributed by atoms with van der Waals surface area (Å²) in [6, 6.07) is 6.20. The first-order valence-corrected chi connectivity index (χ1v) is 5.11. The van der Waals surface area contributed by atoms with Gasteiger partial charge in [-0.25, -0.2) is 4.39 Å². The molecule has 4 heteroatoms. The number of carbonyl (C=O) groups excluding carboxylic acids is 1.